The highest BCUT2D eigenvalue weighted by Gasteiger charge is 2.03. The molecule has 0 aromatic carbocycles. The molecule has 0 aliphatic carbocycles. The Morgan fingerprint density at radius 2 is 2.07 bits per heavy atom. The Hall–Kier alpha value is -0.870. The van der Waals surface area contributed by atoms with Gasteiger partial charge < -0.3 is 14.6 Å². The fourth-order valence-corrected chi connectivity index (χ4v) is 1.33. The number of hydrogen-bond donors (Lipinski definition) is 1. The lowest BCUT2D eigenvalue weighted by molar-refractivity contribution is 0.388. The highest BCUT2D eigenvalue weighted by molar-refractivity contribution is 5.04. The van der Waals surface area contributed by atoms with Crippen molar-refractivity contribution < 1.29 is 4.42 Å². The minimum atomic E-state index is 0.724. The topological polar surface area (TPSA) is 41.3 Å². The van der Waals surface area contributed by atoms with Crippen LogP contribution in [0.15, 0.2) is 4.42 Å². The Morgan fingerprint density at radius 3 is 2.60 bits per heavy atom. The van der Waals surface area contributed by atoms with Crippen molar-refractivity contribution >= 4 is 0 Å². The summed E-state index contributed by atoms with van der Waals surface area (Å²) in [7, 11) is 4.17. The predicted molar refractivity (Wildman–Crippen MR) is 60.9 cm³/mol. The van der Waals surface area contributed by atoms with E-state index in [4.69, 9.17) is 4.42 Å². The Kier molecular flexibility index (Phi) is 4.78. The molecular weight excluding hydrogens is 190 g/mol. The summed E-state index contributed by atoms with van der Waals surface area (Å²) in [6.45, 7) is 6.74. The molecule has 0 aliphatic heterocycles. The van der Waals surface area contributed by atoms with Gasteiger partial charge in [-0.05, 0) is 47.5 Å². The fourth-order valence-electron chi connectivity index (χ4n) is 1.33. The third-order valence-corrected chi connectivity index (χ3v) is 2.31. The standard InChI is InChI=1S/C11H21N3O/c1-9-10(2)15-11(13-9)8-12-6-5-7-14(3)4/h12H,5-8H2,1-4H3. The first-order valence-electron chi connectivity index (χ1n) is 5.38. The number of oxazole rings is 1. The predicted octanol–water partition coefficient (Wildman–Crippen LogP) is 1.33. The molecule has 1 aromatic heterocycles. The van der Waals surface area contributed by atoms with E-state index in [2.05, 4.69) is 29.3 Å². The van der Waals surface area contributed by atoms with Crippen molar-refractivity contribution in [2.45, 2.75) is 26.8 Å². The number of hydrogen-bond acceptors (Lipinski definition) is 4. The van der Waals surface area contributed by atoms with Crippen LogP contribution in [0.2, 0.25) is 0 Å². The average molecular weight is 211 g/mol. The van der Waals surface area contributed by atoms with Crippen molar-refractivity contribution in [1.82, 2.24) is 15.2 Å². The molecule has 4 heteroatoms. The first-order valence-corrected chi connectivity index (χ1v) is 5.38. The summed E-state index contributed by atoms with van der Waals surface area (Å²) < 4.78 is 5.46. The summed E-state index contributed by atoms with van der Waals surface area (Å²) >= 11 is 0. The van der Waals surface area contributed by atoms with Gasteiger partial charge in [0.2, 0.25) is 5.89 Å². The molecule has 1 rings (SSSR count). The molecule has 0 fully saturated rings. The number of rotatable bonds is 6. The van der Waals surface area contributed by atoms with Gasteiger partial charge in [0.1, 0.15) is 5.76 Å². The van der Waals surface area contributed by atoms with Crippen molar-refractivity contribution in [3.8, 4) is 0 Å². The van der Waals surface area contributed by atoms with Gasteiger partial charge in [-0.25, -0.2) is 4.98 Å². The molecule has 0 spiro atoms. The Morgan fingerprint density at radius 1 is 1.33 bits per heavy atom. The number of aryl methyl sites for hydroxylation is 2. The van der Waals surface area contributed by atoms with E-state index in [1.807, 2.05) is 13.8 Å². The van der Waals surface area contributed by atoms with Gasteiger partial charge in [-0.2, -0.15) is 0 Å². The van der Waals surface area contributed by atoms with Crippen molar-refractivity contribution in [3.63, 3.8) is 0 Å². The lowest BCUT2D eigenvalue weighted by Gasteiger charge is -2.08. The minimum Gasteiger partial charge on any atom is -0.444 e. The van der Waals surface area contributed by atoms with Gasteiger partial charge >= 0.3 is 0 Å². The van der Waals surface area contributed by atoms with E-state index in [1.54, 1.807) is 0 Å². The summed E-state index contributed by atoms with van der Waals surface area (Å²) in [5.41, 5.74) is 0.986. The van der Waals surface area contributed by atoms with Gasteiger partial charge in [-0.1, -0.05) is 0 Å². The Bertz CT molecular complexity index is 275. The molecule has 0 amide bonds. The van der Waals surface area contributed by atoms with E-state index < -0.39 is 0 Å². The van der Waals surface area contributed by atoms with Crippen LogP contribution >= 0.6 is 0 Å². The Balaban J connectivity index is 2.15. The second-order valence-electron chi connectivity index (χ2n) is 4.08. The van der Waals surface area contributed by atoms with Crippen LogP contribution in [0.4, 0.5) is 0 Å². The molecule has 1 aromatic rings. The highest BCUT2D eigenvalue weighted by Crippen LogP contribution is 2.07. The molecule has 15 heavy (non-hydrogen) atoms. The maximum absolute atomic E-state index is 5.46. The van der Waals surface area contributed by atoms with E-state index >= 15 is 0 Å². The number of nitrogens with one attached hydrogen (secondary N) is 1. The smallest absolute Gasteiger partial charge is 0.208 e. The molecule has 0 saturated heterocycles. The maximum atomic E-state index is 5.46. The Labute approximate surface area is 91.7 Å². The zero-order valence-electron chi connectivity index (χ0n) is 10.1. The average Bonchev–Trinajstić information content (AvgIpc) is 2.45. The van der Waals surface area contributed by atoms with Crippen LogP contribution in [-0.2, 0) is 6.54 Å². The molecule has 0 bridgehead atoms. The molecular formula is C11H21N3O. The van der Waals surface area contributed by atoms with E-state index in [9.17, 15) is 0 Å². The first-order chi connectivity index (χ1) is 7.09. The zero-order chi connectivity index (χ0) is 11.3. The fraction of sp³-hybridized carbons (Fsp3) is 0.727. The SMILES string of the molecule is Cc1nc(CNCCCN(C)C)oc1C. The number of aromatic nitrogens is 1. The summed E-state index contributed by atoms with van der Waals surface area (Å²) in [5, 5.41) is 3.31. The van der Waals surface area contributed by atoms with Crippen LogP contribution in [0.25, 0.3) is 0 Å². The second kappa shape index (κ2) is 5.88. The molecule has 86 valence electrons. The first kappa shape index (κ1) is 12.2. The normalized spacial score (nSPS) is 11.3. The molecule has 0 atom stereocenters. The largest absolute Gasteiger partial charge is 0.444 e. The van der Waals surface area contributed by atoms with Gasteiger partial charge in [-0.15, -0.1) is 0 Å². The minimum absolute atomic E-state index is 0.724. The quantitative estimate of drug-likeness (QED) is 0.721. The van der Waals surface area contributed by atoms with Gasteiger partial charge in [0.05, 0.1) is 12.2 Å². The van der Waals surface area contributed by atoms with Gasteiger partial charge in [-0.3, -0.25) is 0 Å². The van der Waals surface area contributed by atoms with E-state index in [0.717, 1.165) is 43.4 Å². The van der Waals surface area contributed by atoms with Crippen molar-refractivity contribution in [1.29, 1.82) is 0 Å². The van der Waals surface area contributed by atoms with Gasteiger partial charge in [0, 0.05) is 0 Å². The number of nitrogens with zero attached hydrogens (tertiary/aromatic N) is 2. The van der Waals surface area contributed by atoms with Crippen LogP contribution in [0.3, 0.4) is 0 Å². The summed E-state index contributed by atoms with van der Waals surface area (Å²) in [6, 6.07) is 0. The second-order valence-corrected chi connectivity index (χ2v) is 4.08. The van der Waals surface area contributed by atoms with Crippen LogP contribution in [0.1, 0.15) is 23.8 Å². The van der Waals surface area contributed by atoms with E-state index in [0.29, 0.717) is 0 Å². The van der Waals surface area contributed by atoms with Crippen LogP contribution in [-0.4, -0.2) is 37.1 Å². The highest BCUT2D eigenvalue weighted by atomic mass is 16.4. The maximum Gasteiger partial charge on any atom is 0.208 e. The monoisotopic (exact) mass is 211 g/mol. The summed E-state index contributed by atoms with van der Waals surface area (Å²) in [6.07, 6.45) is 1.14. The molecule has 0 saturated carbocycles. The summed E-state index contributed by atoms with van der Waals surface area (Å²) in [4.78, 5) is 6.49. The lowest BCUT2D eigenvalue weighted by atomic mass is 10.4. The molecule has 1 heterocycles. The van der Waals surface area contributed by atoms with Crippen LogP contribution in [0, 0.1) is 13.8 Å². The third kappa shape index (κ3) is 4.44. The van der Waals surface area contributed by atoms with E-state index in [1.165, 1.54) is 0 Å². The van der Waals surface area contributed by atoms with Gasteiger partial charge in [0.25, 0.3) is 0 Å². The lowest BCUT2D eigenvalue weighted by Crippen LogP contribution is -2.21. The van der Waals surface area contributed by atoms with Crippen molar-refractivity contribution in [2.24, 2.45) is 0 Å². The van der Waals surface area contributed by atoms with E-state index in [-0.39, 0.29) is 0 Å². The third-order valence-electron chi connectivity index (χ3n) is 2.31. The molecule has 0 aliphatic rings. The van der Waals surface area contributed by atoms with Crippen LogP contribution in [0.5, 0.6) is 0 Å². The molecule has 0 radical (unpaired) electrons. The van der Waals surface area contributed by atoms with Crippen LogP contribution < -0.4 is 5.32 Å². The molecule has 0 unspecified atom stereocenters. The van der Waals surface area contributed by atoms with Gasteiger partial charge in [0.15, 0.2) is 0 Å². The molecule has 4 nitrogen and oxygen atoms in total. The zero-order valence-corrected chi connectivity index (χ0v) is 10.1. The van der Waals surface area contributed by atoms with Crippen molar-refractivity contribution in [3.05, 3.63) is 17.3 Å². The summed E-state index contributed by atoms with van der Waals surface area (Å²) in [5.74, 6) is 1.70. The molecule has 1 N–H and O–H groups in total. The van der Waals surface area contributed by atoms with Crippen molar-refractivity contribution in [2.75, 3.05) is 27.2 Å².